The number of benzene rings is 1. The maximum atomic E-state index is 13.8. The summed E-state index contributed by atoms with van der Waals surface area (Å²) in [6, 6.07) is 8.19. The molecule has 0 amide bonds. The average Bonchev–Trinajstić information content (AvgIpc) is 3.48. The number of allylic oxidation sites excluding steroid dienone is 1. The summed E-state index contributed by atoms with van der Waals surface area (Å²) in [6.45, 7) is 9.40. The van der Waals surface area contributed by atoms with Crippen molar-refractivity contribution >= 4 is 29.3 Å². The average molecular weight is 526 g/mol. The third kappa shape index (κ3) is 4.93. The predicted molar refractivity (Wildman–Crippen MR) is 142 cm³/mol. The Kier molecular flexibility index (Phi) is 7.87. The molecule has 1 atom stereocenters. The highest BCUT2D eigenvalue weighted by molar-refractivity contribution is 7.07. The van der Waals surface area contributed by atoms with Gasteiger partial charge in [0.25, 0.3) is 5.56 Å². The Morgan fingerprint density at radius 2 is 1.92 bits per heavy atom. The van der Waals surface area contributed by atoms with E-state index in [2.05, 4.69) is 23.7 Å². The van der Waals surface area contributed by atoms with E-state index in [0.717, 1.165) is 19.0 Å². The fraction of sp³-hybridized carbons (Fsp3) is 0.370. The molecule has 0 bridgehead atoms. The van der Waals surface area contributed by atoms with Crippen LogP contribution in [-0.4, -0.2) is 44.5 Å². The maximum absolute atomic E-state index is 13.8. The van der Waals surface area contributed by atoms with E-state index in [1.807, 2.05) is 12.1 Å². The first-order valence-corrected chi connectivity index (χ1v) is 12.9. The molecule has 1 aliphatic heterocycles. The molecule has 2 aromatic heterocycles. The molecule has 10 heteroatoms. The van der Waals surface area contributed by atoms with Crippen LogP contribution in [-0.2, 0) is 9.53 Å². The third-order valence-corrected chi connectivity index (χ3v) is 7.19. The summed E-state index contributed by atoms with van der Waals surface area (Å²) in [5, 5.41) is 0. The zero-order chi connectivity index (χ0) is 26.7. The van der Waals surface area contributed by atoms with Gasteiger partial charge in [-0.3, -0.25) is 9.36 Å². The van der Waals surface area contributed by atoms with Gasteiger partial charge in [-0.1, -0.05) is 11.3 Å². The molecular formula is C27H31N3O6S. The van der Waals surface area contributed by atoms with Crippen LogP contribution in [0.2, 0.25) is 0 Å². The molecule has 0 saturated carbocycles. The zero-order valence-electron chi connectivity index (χ0n) is 21.9. The molecule has 9 nitrogen and oxygen atoms in total. The number of methoxy groups -OCH3 is 2. The van der Waals surface area contributed by atoms with E-state index in [0.29, 0.717) is 37.9 Å². The molecule has 0 fully saturated rings. The van der Waals surface area contributed by atoms with Crippen molar-refractivity contribution < 1.29 is 23.4 Å². The molecular weight excluding hydrogens is 494 g/mol. The van der Waals surface area contributed by atoms with Crippen molar-refractivity contribution in [1.29, 1.82) is 0 Å². The summed E-state index contributed by atoms with van der Waals surface area (Å²) in [4.78, 5) is 34.1. The lowest BCUT2D eigenvalue weighted by Crippen LogP contribution is -2.40. The van der Waals surface area contributed by atoms with Gasteiger partial charge in [0.2, 0.25) is 0 Å². The molecule has 4 rings (SSSR count). The van der Waals surface area contributed by atoms with Crippen molar-refractivity contribution in [3.8, 4) is 11.5 Å². The first-order valence-electron chi connectivity index (χ1n) is 12.1. The number of hydrogen-bond donors (Lipinski definition) is 0. The number of aromatic nitrogens is 1. The Bertz CT molecular complexity index is 1510. The van der Waals surface area contributed by atoms with E-state index in [-0.39, 0.29) is 17.7 Å². The van der Waals surface area contributed by atoms with E-state index in [9.17, 15) is 9.59 Å². The number of ether oxygens (including phenoxy) is 3. The summed E-state index contributed by atoms with van der Waals surface area (Å²) in [7, 11) is 3.10. The van der Waals surface area contributed by atoms with Gasteiger partial charge in [0, 0.05) is 30.8 Å². The second-order valence-electron chi connectivity index (χ2n) is 8.26. The third-order valence-electron chi connectivity index (χ3n) is 6.21. The maximum Gasteiger partial charge on any atom is 0.338 e. The van der Waals surface area contributed by atoms with Gasteiger partial charge in [-0.15, -0.1) is 0 Å². The van der Waals surface area contributed by atoms with Crippen LogP contribution in [0.25, 0.3) is 6.08 Å². The van der Waals surface area contributed by atoms with Gasteiger partial charge < -0.3 is 23.5 Å². The minimum absolute atomic E-state index is 0.190. The van der Waals surface area contributed by atoms with Crippen molar-refractivity contribution in [2.75, 3.05) is 38.8 Å². The van der Waals surface area contributed by atoms with E-state index in [4.69, 9.17) is 18.6 Å². The number of esters is 1. The van der Waals surface area contributed by atoms with E-state index in [1.165, 1.54) is 15.9 Å². The van der Waals surface area contributed by atoms with Gasteiger partial charge >= 0.3 is 5.97 Å². The number of rotatable bonds is 9. The van der Waals surface area contributed by atoms with Crippen molar-refractivity contribution in [2.24, 2.45) is 4.99 Å². The molecule has 0 N–H and O–H groups in total. The Morgan fingerprint density at radius 1 is 1.16 bits per heavy atom. The molecule has 0 radical (unpaired) electrons. The number of furan rings is 1. The van der Waals surface area contributed by atoms with Crippen molar-refractivity contribution in [3.63, 3.8) is 0 Å². The Labute approximate surface area is 218 Å². The number of nitrogens with zero attached hydrogens (tertiary/aromatic N) is 3. The van der Waals surface area contributed by atoms with E-state index < -0.39 is 12.0 Å². The summed E-state index contributed by atoms with van der Waals surface area (Å²) in [6.07, 6.45) is 1.71. The van der Waals surface area contributed by atoms with Crippen LogP contribution in [0, 0.1) is 0 Å². The topological polar surface area (TPSA) is 95.5 Å². The number of carbonyl (C=O) groups excluding carboxylic acids is 1. The van der Waals surface area contributed by atoms with Gasteiger partial charge in [0.1, 0.15) is 23.3 Å². The van der Waals surface area contributed by atoms with Crippen LogP contribution in [0.1, 0.15) is 45.1 Å². The van der Waals surface area contributed by atoms with Crippen LogP contribution >= 0.6 is 11.3 Å². The summed E-state index contributed by atoms with van der Waals surface area (Å²) >= 11 is 1.23. The largest absolute Gasteiger partial charge is 0.497 e. The normalized spacial score (nSPS) is 15.3. The van der Waals surface area contributed by atoms with Crippen LogP contribution in [0.4, 0.5) is 5.88 Å². The number of hydrogen-bond acceptors (Lipinski definition) is 9. The molecule has 196 valence electrons. The Hall–Kier alpha value is -3.79. The predicted octanol–water partition coefficient (Wildman–Crippen LogP) is 3.25. The molecule has 1 aromatic carbocycles. The lowest BCUT2D eigenvalue weighted by molar-refractivity contribution is -0.139. The van der Waals surface area contributed by atoms with Gasteiger partial charge in [-0.25, -0.2) is 9.79 Å². The monoisotopic (exact) mass is 525 g/mol. The Morgan fingerprint density at radius 3 is 2.57 bits per heavy atom. The summed E-state index contributed by atoms with van der Waals surface area (Å²) < 4.78 is 24.4. The number of fused-ring (bicyclic) bond motifs is 1. The van der Waals surface area contributed by atoms with Gasteiger partial charge in [0.05, 0.1) is 36.6 Å². The van der Waals surface area contributed by atoms with Gasteiger partial charge in [0.15, 0.2) is 10.7 Å². The zero-order valence-corrected chi connectivity index (χ0v) is 22.7. The molecule has 0 aliphatic carbocycles. The van der Waals surface area contributed by atoms with Crippen LogP contribution in [0.15, 0.2) is 55.8 Å². The minimum Gasteiger partial charge on any atom is -0.497 e. The van der Waals surface area contributed by atoms with Crippen molar-refractivity contribution in [3.05, 3.63) is 72.6 Å². The smallest absolute Gasteiger partial charge is 0.338 e. The van der Waals surface area contributed by atoms with Crippen LogP contribution < -0.4 is 29.3 Å². The second-order valence-corrected chi connectivity index (χ2v) is 9.27. The highest BCUT2D eigenvalue weighted by atomic mass is 32.1. The SMILES string of the molecule is CCOC(=O)C1=C(C)N=c2s/c(=C\c3ccc(N(CC)CC)o3)c(=O)n2[C@H]1c1cc(OC)ccc1OC. The molecule has 3 heterocycles. The van der Waals surface area contributed by atoms with E-state index >= 15 is 0 Å². The van der Waals surface area contributed by atoms with Crippen molar-refractivity contribution in [2.45, 2.75) is 33.7 Å². The van der Waals surface area contributed by atoms with Crippen LogP contribution in [0.5, 0.6) is 11.5 Å². The summed E-state index contributed by atoms with van der Waals surface area (Å²) in [5.74, 6) is 1.83. The van der Waals surface area contributed by atoms with E-state index in [1.54, 1.807) is 52.3 Å². The molecule has 37 heavy (non-hydrogen) atoms. The van der Waals surface area contributed by atoms with Gasteiger partial charge in [-0.05, 0) is 52.0 Å². The lowest BCUT2D eigenvalue weighted by Gasteiger charge is -2.26. The molecule has 0 saturated heterocycles. The molecule has 0 unspecified atom stereocenters. The standard InChI is InChI=1S/C27H31N3O6S/c1-7-29(8-2)22-13-11-18(36-22)15-21-25(31)30-24(19-14-17(33-5)10-12-20(19)34-6)23(26(32)35-9-3)16(4)28-27(30)37-21/h10-15,24H,7-9H2,1-6H3/b21-15-/t24-/m0/s1. The first-order chi connectivity index (χ1) is 17.9. The minimum atomic E-state index is -0.815. The molecule has 0 spiro atoms. The highest BCUT2D eigenvalue weighted by Crippen LogP contribution is 2.37. The first kappa shape index (κ1) is 26.3. The molecule has 1 aliphatic rings. The quantitative estimate of drug-likeness (QED) is 0.396. The van der Waals surface area contributed by atoms with Crippen LogP contribution in [0.3, 0.4) is 0 Å². The number of thiazole rings is 1. The van der Waals surface area contributed by atoms with Crippen molar-refractivity contribution in [1.82, 2.24) is 4.57 Å². The fourth-order valence-electron chi connectivity index (χ4n) is 4.39. The molecule has 3 aromatic rings. The second kappa shape index (κ2) is 11.1. The number of anilines is 1. The highest BCUT2D eigenvalue weighted by Gasteiger charge is 2.35. The van der Waals surface area contributed by atoms with Gasteiger partial charge in [-0.2, -0.15) is 0 Å². The Balaban J connectivity index is 1.94. The lowest BCUT2D eigenvalue weighted by atomic mass is 9.95. The summed E-state index contributed by atoms with van der Waals surface area (Å²) in [5.41, 5.74) is 1.04. The number of carbonyl (C=O) groups is 1. The fourth-order valence-corrected chi connectivity index (χ4v) is 5.42.